The molecule has 6 amide bonds. The molecule has 2 aliphatic rings. The molecule has 270 valence electrons. The van der Waals surface area contributed by atoms with E-state index in [0.717, 1.165) is 0 Å². The van der Waals surface area contributed by atoms with Gasteiger partial charge in [-0.2, -0.15) is 0 Å². The highest BCUT2D eigenvalue weighted by Gasteiger charge is 2.44. The van der Waals surface area contributed by atoms with Crippen molar-refractivity contribution in [2.75, 3.05) is 31.3 Å². The van der Waals surface area contributed by atoms with Crippen molar-refractivity contribution >= 4 is 59.1 Å². The molecule has 0 aromatic heterocycles. The lowest BCUT2D eigenvalue weighted by molar-refractivity contribution is -0.148. The van der Waals surface area contributed by atoms with Gasteiger partial charge < -0.3 is 57.9 Å². The molecule has 0 aromatic carbocycles. The van der Waals surface area contributed by atoms with Crippen LogP contribution >= 0.6 is 11.8 Å². The standard InChI is InChI=1S/C28H46N8O11S/c1-3-6-16(23(41)34-18(11-37)28(46)47)32-24(42)17(9-21(38)39)33-25(43)20-12-48-13-36(20)27(45)19-7-5-8-35(19)26(44)15(4-2)31-22(40)14(30)10-29/h14-20,37H,3-13,29-30H2,1-2H3,(H,31,40)(H,32,42)(H,33,43)(H,34,41)(H,38,39)(H,46,47)/t14-,15-,16-,17-,18-,19-,20-/m0/s1. The van der Waals surface area contributed by atoms with Crippen molar-refractivity contribution in [3.8, 4) is 0 Å². The predicted molar refractivity (Wildman–Crippen MR) is 170 cm³/mol. The van der Waals surface area contributed by atoms with Gasteiger partial charge in [-0.1, -0.05) is 20.3 Å². The fraction of sp³-hybridized carbons (Fsp3) is 0.714. The number of nitrogens with two attached hydrogens (primary N) is 2. The van der Waals surface area contributed by atoms with E-state index in [1.807, 2.05) is 0 Å². The number of carbonyl (C=O) groups excluding carboxylic acids is 6. The molecular weight excluding hydrogens is 656 g/mol. The smallest absolute Gasteiger partial charge is 0.328 e. The minimum Gasteiger partial charge on any atom is -0.481 e. The van der Waals surface area contributed by atoms with Gasteiger partial charge in [0, 0.05) is 18.8 Å². The van der Waals surface area contributed by atoms with Crippen molar-refractivity contribution < 1.29 is 53.7 Å². The highest BCUT2D eigenvalue weighted by Crippen LogP contribution is 2.27. The van der Waals surface area contributed by atoms with Crippen LogP contribution in [-0.4, -0.2) is 146 Å². The second kappa shape index (κ2) is 19.1. The lowest BCUT2D eigenvalue weighted by atomic mass is 10.1. The van der Waals surface area contributed by atoms with Crippen molar-refractivity contribution in [2.45, 2.75) is 94.7 Å². The topological polar surface area (TPSA) is 304 Å². The van der Waals surface area contributed by atoms with Gasteiger partial charge in [0.05, 0.1) is 24.9 Å². The Labute approximate surface area is 281 Å². The number of aliphatic carboxylic acids is 2. The molecule has 11 N–H and O–H groups in total. The summed E-state index contributed by atoms with van der Waals surface area (Å²) in [6, 6.07) is -8.64. The van der Waals surface area contributed by atoms with Crippen LogP contribution in [0.2, 0.25) is 0 Å². The van der Waals surface area contributed by atoms with Gasteiger partial charge in [-0.15, -0.1) is 11.8 Å². The number of aliphatic hydroxyl groups is 1. The molecular formula is C28H46N8O11S. The van der Waals surface area contributed by atoms with E-state index in [0.29, 0.717) is 19.3 Å². The minimum absolute atomic E-state index is 0.0314. The predicted octanol–water partition coefficient (Wildman–Crippen LogP) is -4.13. The Morgan fingerprint density at radius 2 is 1.48 bits per heavy atom. The van der Waals surface area contributed by atoms with Crippen LogP contribution in [0, 0.1) is 0 Å². The third-order valence-corrected chi connectivity index (χ3v) is 8.93. The summed E-state index contributed by atoms with van der Waals surface area (Å²) >= 11 is 1.24. The Kier molecular flexibility index (Phi) is 16.0. The van der Waals surface area contributed by atoms with Gasteiger partial charge in [0.15, 0.2) is 0 Å². The van der Waals surface area contributed by atoms with E-state index in [2.05, 4.69) is 21.3 Å². The lowest BCUT2D eigenvalue weighted by Crippen LogP contribution is -2.60. The third kappa shape index (κ3) is 10.8. The van der Waals surface area contributed by atoms with Crippen LogP contribution in [0.4, 0.5) is 0 Å². The second-order valence-corrected chi connectivity index (χ2v) is 12.4. The normalized spacial score (nSPS) is 20.5. The summed E-state index contributed by atoms with van der Waals surface area (Å²) < 4.78 is 0. The number of carbonyl (C=O) groups is 8. The fourth-order valence-corrected chi connectivity index (χ4v) is 6.38. The average Bonchev–Trinajstić information content (AvgIpc) is 3.74. The Morgan fingerprint density at radius 3 is 2.04 bits per heavy atom. The van der Waals surface area contributed by atoms with E-state index < -0.39 is 103 Å². The molecule has 0 aromatic rings. The maximum Gasteiger partial charge on any atom is 0.328 e. The van der Waals surface area contributed by atoms with Crippen LogP contribution in [0.15, 0.2) is 0 Å². The molecule has 0 saturated carbocycles. The van der Waals surface area contributed by atoms with E-state index in [4.69, 9.17) is 16.6 Å². The first kappa shape index (κ1) is 40.2. The summed E-state index contributed by atoms with van der Waals surface area (Å²) in [5.41, 5.74) is 11.1. The molecule has 48 heavy (non-hydrogen) atoms. The molecule has 2 rings (SSSR count). The average molecular weight is 703 g/mol. The van der Waals surface area contributed by atoms with E-state index >= 15 is 0 Å². The summed E-state index contributed by atoms with van der Waals surface area (Å²) in [6.07, 6.45) is 0.531. The number of hydrogen-bond acceptors (Lipinski definition) is 12. The first-order chi connectivity index (χ1) is 22.7. The number of thioether (sulfide) groups is 1. The molecule has 2 fully saturated rings. The molecule has 0 spiro atoms. The monoisotopic (exact) mass is 702 g/mol. The van der Waals surface area contributed by atoms with Crippen molar-refractivity contribution in [3.05, 3.63) is 0 Å². The van der Waals surface area contributed by atoms with Crippen molar-refractivity contribution in [2.24, 2.45) is 11.5 Å². The largest absolute Gasteiger partial charge is 0.481 e. The van der Waals surface area contributed by atoms with E-state index in [1.54, 1.807) is 13.8 Å². The molecule has 2 saturated heterocycles. The van der Waals surface area contributed by atoms with E-state index in [1.165, 1.54) is 21.6 Å². The molecule has 2 heterocycles. The number of nitrogens with one attached hydrogen (secondary N) is 4. The van der Waals surface area contributed by atoms with Crippen LogP contribution in [0.3, 0.4) is 0 Å². The lowest BCUT2D eigenvalue weighted by Gasteiger charge is -2.33. The maximum absolute atomic E-state index is 13.8. The molecule has 2 aliphatic heterocycles. The highest BCUT2D eigenvalue weighted by molar-refractivity contribution is 7.99. The van der Waals surface area contributed by atoms with Crippen molar-refractivity contribution in [1.82, 2.24) is 31.1 Å². The number of likely N-dealkylation sites (tertiary alicyclic amines) is 1. The molecule has 7 atom stereocenters. The summed E-state index contributed by atoms with van der Waals surface area (Å²) in [5.74, 6) is -7.18. The zero-order chi connectivity index (χ0) is 36.1. The number of aliphatic hydroxyl groups excluding tert-OH is 1. The first-order valence-electron chi connectivity index (χ1n) is 15.6. The number of rotatable bonds is 18. The molecule has 20 heteroatoms. The summed E-state index contributed by atoms with van der Waals surface area (Å²) in [4.78, 5) is 104. The van der Waals surface area contributed by atoms with Crippen LogP contribution in [-0.2, 0) is 38.4 Å². The number of amides is 6. The quantitative estimate of drug-likeness (QED) is 0.0656. The fourth-order valence-electron chi connectivity index (χ4n) is 5.22. The second-order valence-electron chi connectivity index (χ2n) is 11.4. The third-order valence-electron chi connectivity index (χ3n) is 7.92. The number of nitrogens with zero attached hydrogens (tertiary/aromatic N) is 2. The van der Waals surface area contributed by atoms with Gasteiger partial charge in [0.25, 0.3) is 0 Å². The van der Waals surface area contributed by atoms with E-state index in [-0.39, 0.29) is 37.6 Å². The van der Waals surface area contributed by atoms with E-state index in [9.17, 15) is 48.6 Å². The Bertz CT molecular complexity index is 1220. The molecule has 0 bridgehead atoms. The minimum atomic E-state index is -1.67. The molecule has 19 nitrogen and oxygen atoms in total. The Hall–Kier alpha value is -4.01. The number of carboxylic acids is 2. The van der Waals surface area contributed by atoms with Crippen molar-refractivity contribution in [3.63, 3.8) is 0 Å². The van der Waals surface area contributed by atoms with Gasteiger partial charge in [-0.3, -0.25) is 33.6 Å². The summed E-state index contributed by atoms with van der Waals surface area (Å²) in [5, 5.41) is 37.2. The zero-order valence-corrected chi connectivity index (χ0v) is 27.7. The Morgan fingerprint density at radius 1 is 0.854 bits per heavy atom. The Balaban J connectivity index is 2.18. The summed E-state index contributed by atoms with van der Waals surface area (Å²) in [6.45, 7) is 2.57. The zero-order valence-electron chi connectivity index (χ0n) is 26.9. The highest BCUT2D eigenvalue weighted by atomic mass is 32.2. The van der Waals surface area contributed by atoms with Gasteiger partial charge in [-0.05, 0) is 25.7 Å². The number of hydrogen-bond donors (Lipinski definition) is 9. The summed E-state index contributed by atoms with van der Waals surface area (Å²) in [7, 11) is 0. The van der Waals surface area contributed by atoms with Gasteiger partial charge in [0.1, 0.15) is 36.3 Å². The first-order valence-corrected chi connectivity index (χ1v) is 16.8. The van der Waals surface area contributed by atoms with Crippen LogP contribution in [0.1, 0.15) is 52.4 Å². The maximum atomic E-state index is 13.8. The molecule has 0 unspecified atom stereocenters. The number of carboxylic acid groups (broad SMARTS) is 2. The molecule has 0 radical (unpaired) electrons. The van der Waals surface area contributed by atoms with Gasteiger partial charge in [-0.25, -0.2) is 4.79 Å². The molecule has 0 aliphatic carbocycles. The van der Waals surface area contributed by atoms with Crippen LogP contribution < -0.4 is 32.7 Å². The van der Waals surface area contributed by atoms with Crippen LogP contribution in [0.5, 0.6) is 0 Å². The van der Waals surface area contributed by atoms with Gasteiger partial charge in [0.2, 0.25) is 35.4 Å². The van der Waals surface area contributed by atoms with Crippen molar-refractivity contribution in [1.29, 1.82) is 0 Å². The SMILES string of the molecule is CCC[C@H](NC(=O)[C@H](CC(=O)O)NC(=O)[C@@H]1CSCN1C(=O)[C@@H]1CCCN1C(=O)[C@H](CC)NC(=O)[C@@H](N)CN)C(=O)N[C@@H](CO)C(=O)O. The van der Waals surface area contributed by atoms with Crippen LogP contribution in [0.25, 0.3) is 0 Å². The van der Waals surface area contributed by atoms with Gasteiger partial charge >= 0.3 is 11.9 Å².